The zero-order valence-corrected chi connectivity index (χ0v) is 12.4. The molecule has 0 aromatic heterocycles. The summed E-state index contributed by atoms with van der Waals surface area (Å²) >= 11 is 0. The zero-order chi connectivity index (χ0) is 15.4. The molecule has 1 unspecified atom stereocenters. The fraction of sp³-hybridized carbons (Fsp3) is 0.294. The zero-order valence-electron chi connectivity index (χ0n) is 12.4. The Bertz CT molecular complexity index is 613. The van der Waals surface area contributed by atoms with Crippen LogP contribution in [-0.2, 0) is 0 Å². The van der Waals surface area contributed by atoms with Gasteiger partial charge in [0.25, 0.3) is 0 Å². The molecule has 0 aliphatic rings. The molecule has 0 fully saturated rings. The predicted octanol–water partition coefficient (Wildman–Crippen LogP) is 4.21. The summed E-state index contributed by atoms with van der Waals surface area (Å²) < 4.78 is 29.1. The second-order valence-electron chi connectivity index (χ2n) is 5.03. The third-order valence-corrected chi connectivity index (χ3v) is 3.44. The second-order valence-corrected chi connectivity index (χ2v) is 5.03. The van der Waals surface area contributed by atoms with Gasteiger partial charge in [-0.1, -0.05) is 35.9 Å². The van der Waals surface area contributed by atoms with Crippen LogP contribution in [0.5, 0.6) is 5.75 Å². The Kier molecular flexibility index (Phi) is 4.91. The first-order valence-electron chi connectivity index (χ1n) is 6.80. The van der Waals surface area contributed by atoms with E-state index in [2.05, 4.69) is 22.2 Å². The normalized spacial score (nSPS) is 12.5. The average Bonchev–Trinajstić information content (AvgIpc) is 2.41. The van der Waals surface area contributed by atoms with Crippen molar-refractivity contribution < 1.29 is 13.5 Å². The number of ether oxygens (including phenoxy) is 1. The lowest BCUT2D eigenvalue weighted by atomic mass is 9.94. The van der Waals surface area contributed by atoms with E-state index in [0.717, 1.165) is 16.7 Å². The Morgan fingerprint density at radius 1 is 1.05 bits per heavy atom. The van der Waals surface area contributed by atoms with Gasteiger partial charge >= 0.3 is 6.61 Å². The summed E-state index contributed by atoms with van der Waals surface area (Å²) in [6.45, 7) is 1.28. The van der Waals surface area contributed by atoms with E-state index in [1.54, 1.807) is 12.1 Å². The fourth-order valence-electron chi connectivity index (χ4n) is 2.52. The van der Waals surface area contributed by atoms with E-state index >= 15 is 0 Å². The summed E-state index contributed by atoms with van der Waals surface area (Å²) in [5.74, 6) is 0.174. The Morgan fingerprint density at radius 3 is 2.43 bits per heavy atom. The molecule has 2 aromatic rings. The Balaban J connectivity index is 2.37. The third-order valence-electron chi connectivity index (χ3n) is 3.44. The van der Waals surface area contributed by atoms with E-state index in [1.807, 2.05) is 33.0 Å². The van der Waals surface area contributed by atoms with E-state index in [9.17, 15) is 8.78 Å². The van der Waals surface area contributed by atoms with Gasteiger partial charge in [-0.05, 0) is 49.7 Å². The Hall–Kier alpha value is -1.94. The minimum Gasteiger partial charge on any atom is -0.435 e. The second kappa shape index (κ2) is 6.68. The summed E-state index contributed by atoms with van der Waals surface area (Å²) in [5.41, 5.74) is 4.37. The van der Waals surface area contributed by atoms with Gasteiger partial charge in [-0.3, -0.25) is 0 Å². The molecule has 0 spiro atoms. The fourth-order valence-corrected chi connectivity index (χ4v) is 2.52. The van der Waals surface area contributed by atoms with E-state index in [0.29, 0.717) is 0 Å². The Morgan fingerprint density at radius 2 is 1.81 bits per heavy atom. The van der Waals surface area contributed by atoms with Gasteiger partial charge in [0.05, 0.1) is 6.04 Å². The highest BCUT2D eigenvalue weighted by atomic mass is 19.3. The quantitative estimate of drug-likeness (QED) is 0.891. The third kappa shape index (κ3) is 3.79. The van der Waals surface area contributed by atoms with E-state index in [-0.39, 0.29) is 11.8 Å². The van der Waals surface area contributed by atoms with E-state index in [1.165, 1.54) is 11.6 Å². The van der Waals surface area contributed by atoms with Crippen molar-refractivity contribution in [3.63, 3.8) is 0 Å². The van der Waals surface area contributed by atoms with Gasteiger partial charge in [-0.15, -0.1) is 0 Å². The number of aryl methyl sites for hydroxylation is 2. The first-order valence-corrected chi connectivity index (χ1v) is 6.80. The SMILES string of the molecule is CNC(c1cccc(OC(F)F)c1)c1ccc(C)cc1C. The van der Waals surface area contributed by atoms with Crippen LogP contribution < -0.4 is 10.1 Å². The van der Waals surface area contributed by atoms with Crippen molar-refractivity contribution >= 4 is 0 Å². The molecule has 0 saturated heterocycles. The molecule has 2 aromatic carbocycles. The monoisotopic (exact) mass is 291 g/mol. The van der Waals surface area contributed by atoms with Crippen LogP contribution in [0.4, 0.5) is 8.78 Å². The lowest BCUT2D eigenvalue weighted by Gasteiger charge is -2.20. The number of nitrogens with one attached hydrogen (secondary N) is 1. The molecule has 0 saturated carbocycles. The topological polar surface area (TPSA) is 21.3 Å². The maximum atomic E-state index is 12.3. The lowest BCUT2D eigenvalue weighted by Crippen LogP contribution is -2.19. The van der Waals surface area contributed by atoms with Crippen molar-refractivity contribution in [2.24, 2.45) is 0 Å². The van der Waals surface area contributed by atoms with Gasteiger partial charge in [0.1, 0.15) is 5.75 Å². The number of hydrogen-bond donors (Lipinski definition) is 1. The van der Waals surface area contributed by atoms with Crippen LogP contribution >= 0.6 is 0 Å². The van der Waals surface area contributed by atoms with Gasteiger partial charge in [0.15, 0.2) is 0 Å². The molecule has 2 nitrogen and oxygen atoms in total. The van der Waals surface area contributed by atoms with Crippen LogP contribution in [0.25, 0.3) is 0 Å². The van der Waals surface area contributed by atoms with Crippen LogP contribution in [-0.4, -0.2) is 13.7 Å². The number of alkyl halides is 2. The molecule has 0 amide bonds. The van der Waals surface area contributed by atoms with Crippen molar-refractivity contribution in [3.05, 3.63) is 64.7 Å². The smallest absolute Gasteiger partial charge is 0.387 e. The van der Waals surface area contributed by atoms with Crippen molar-refractivity contribution in [2.75, 3.05) is 7.05 Å². The van der Waals surface area contributed by atoms with Gasteiger partial charge < -0.3 is 10.1 Å². The highest BCUT2D eigenvalue weighted by Gasteiger charge is 2.15. The van der Waals surface area contributed by atoms with Crippen molar-refractivity contribution in [1.82, 2.24) is 5.32 Å². The van der Waals surface area contributed by atoms with Crippen LogP contribution in [0, 0.1) is 13.8 Å². The minimum absolute atomic E-state index is 0.0631. The molecule has 1 atom stereocenters. The molecule has 112 valence electrons. The summed E-state index contributed by atoms with van der Waals surface area (Å²) in [6, 6.07) is 13.0. The number of halogens is 2. The molecule has 1 N–H and O–H groups in total. The molecule has 0 heterocycles. The summed E-state index contributed by atoms with van der Waals surface area (Å²) in [4.78, 5) is 0. The van der Waals surface area contributed by atoms with Crippen LogP contribution in [0.3, 0.4) is 0 Å². The van der Waals surface area contributed by atoms with E-state index < -0.39 is 6.61 Å². The highest BCUT2D eigenvalue weighted by Crippen LogP contribution is 2.28. The Labute approximate surface area is 123 Å². The lowest BCUT2D eigenvalue weighted by molar-refractivity contribution is -0.0498. The van der Waals surface area contributed by atoms with Crippen molar-refractivity contribution in [2.45, 2.75) is 26.5 Å². The summed E-state index contributed by atoms with van der Waals surface area (Å²) in [7, 11) is 1.85. The number of hydrogen-bond acceptors (Lipinski definition) is 2. The highest BCUT2D eigenvalue weighted by molar-refractivity contribution is 5.41. The van der Waals surface area contributed by atoms with Crippen molar-refractivity contribution in [3.8, 4) is 5.75 Å². The molecular weight excluding hydrogens is 272 g/mol. The molecule has 0 radical (unpaired) electrons. The van der Waals surface area contributed by atoms with Gasteiger partial charge in [0.2, 0.25) is 0 Å². The van der Waals surface area contributed by atoms with Crippen molar-refractivity contribution in [1.29, 1.82) is 0 Å². The standard InChI is InChI=1S/C17H19F2NO/c1-11-7-8-15(12(2)9-11)16(20-3)13-5-4-6-14(10-13)21-17(18)19/h4-10,16-17,20H,1-3H3. The maximum absolute atomic E-state index is 12.3. The molecular formula is C17H19F2NO. The summed E-state index contributed by atoms with van der Waals surface area (Å²) in [5, 5.41) is 3.23. The van der Waals surface area contributed by atoms with E-state index in [4.69, 9.17) is 0 Å². The van der Waals surface area contributed by atoms with Crippen LogP contribution in [0.15, 0.2) is 42.5 Å². The van der Waals surface area contributed by atoms with Crippen LogP contribution in [0.1, 0.15) is 28.3 Å². The molecule has 21 heavy (non-hydrogen) atoms. The molecule has 4 heteroatoms. The van der Waals surface area contributed by atoms with Gasteiger partial charge in [-0.2, -0.15) is 8.78 Å². The van der Waals surface area contributed by atoms with Gasteiger partial charge in [-0.25, -0.2) is 0 Å². The average molecular weight is 291 g/mol. The van der Waals surface area contributed by atoms with Crippen LogP contribution in [0.2, 0.25) is 0 Å². The molecule has 0 bridgehead atoms. The molecule has 2 rings (SSSR count). The minimum atomic E-state index is -2.81. The number of benzene rings is 2. The van der Waals surface area contributed by atoms with Gasteiger partial charge in [0, 0.05) is 0 Å². The number of rotatable bonds is 5. The first-order chi connectivity index (χ1) is 10.0. The predicted molar refractivity (Wildman–Crippen MR) is 79.9 cm³/mol. The first kappa shape index (κ1) is 15.4. The molecule has 0 aliphatic carbocycles. The maximum Gasteiger partial charge on any atom is 0.387 e. The summed E-state index contributed by atoms with van der Waals surface area (Å²) in [6.07, 6.45) is 0. The molecule has 0 aliphatic heterocycles. The largest absolute Gasteiger partial charge is 0.435 e.